The molecule has 2 atom stereocenters. The van der Waals surface area contributed by atoms with Crippen molar-refractivity contribution in [3.63, 3.8) is 0 Å². The normalized spacial score (nSPS) is 21.5. The van der Waals surface area contributed by atoms with Gasteiger partial charge in [-0.3, -0.25) is 9.80 Å². The molecule has 44 heavy (non-hydrogen) atoms. The number of piperidine rings is 2. The van der Waals surface area contributed by atoms with Gasteiger partial charge in [0, 0.05) is 48.5 Å². The van der Waals surface area contributed by atoms with Gasteiger partial charge in [-0.15, -0.1) is 0 Å². The van der Waals surface area contributed by atoms with Crippen LogP contribution in [-0.2, 0) is 48.4 Å². The molecule has 2 aromatic rings. The summed E-state index contributed by atoms with van der Waals surface area (Å²) in [6.07, 6.45) is 16.2. The maximum absolute atomic E-state index is 10.2. The number of carbonyl (C=O) groups is 2. The van der Waals surface area contributed by atoms with Crippen LogP contribution >= 0.6 is 0 Å². The molecule has 4 aliphatic rings. The predicted octanol–water partition coefficient (Wildman–Crippen LogP) is 6.22. The van der Waals surface area contributed by atoms with Crippen molar-refractivity contribution in [2.24, 2.45) is 0 Å². The lowest BCUT2D eigenvalue weighted by Crippen LogP contribution is -2.36. The molecule has 2 aromatic carbocycles. The number of nitrogens with zero attached hydrogens (tertiary/aromatic N) is 2. The minimum Gasteiger partial charge on any atom is -0.508 e. The first-order valence-corrected chi connectivity index (χ1v) is 16.4. The number of likely N-dealkylation sites (tertiary alicyclic amines) is 2. The number of fused-ring (bicyclic) bond motifs is 2. The quantitative estimate of drug-likeness (QED) is 0.286. The number of aryl methyl sites for hydroxylation is 4. The van der Waals surface area contributed by atoms with Crippen molar-refractivity contribution < 1.29 is 30.0 Å². The molecule has 6 rings (SSSR count). The summed E-state index contributed by atoms with van der Waals surface area (Å²) >= 11 is 0. The van der Waals surface area contributed by atoms with E-state index in [9.17, 15) is 19.8 Å². The van der Waals surface area contributed by atoms with Crippen molar-refractivity contribution in [3.05, 3.63) is 69.8 Å². The topological polar surface area (TPSA) is 122 Å². The standard InChI is InChI=1S/2C16H23NO.C4H4O4/c2*1-12-5-2-3-8-17(12)11-15-9-13-6-4-7-14(13)10-16(15)18;5-3(6)1-2-4(7)8/h2*9-10,12,18H,2-8,11H2,1H3;1-2H,(H,5,6)(H,7,8)/b;;2-1-. The zero-order chi connectivity index (χ0) is 31.6. The van der Waals surface area contributed by atoms with Gasteiger partial charge in [0.2, 0.25) is 0 Å². The molecule has 2 unspecified atom stereocenters. The Balaban J connectivity index is 0.000000163. The summed E-state index contributed by atoms with van der Waals surface area (Å²) in [5.41, 5.74) is 7.92. The number of hydrogen-bond donors (Lipinski definition) is 4. The highest BCUT2D eigenvalue weighted by Gasteiger charge is 2.22. The van der Waals surface area contributed by atoms with E-state index in [0.717, 1.165) is 37.1 Å². The smallest absolute Gasteiger partial charge is 0.328 e. The highest BCUT2D eigenvalue weighted by atomic mass is 16.4. The van der Waals surface area contributed by atoms with Crippen LogP contribution in [0.5, 0.6) is 11.5 Å². The van der Waals surface area contributed by atoms with Gasteiger partial charge in [-0.25, -0.2) is 9.59 Å². The number of phenols is 2. The summed E-state index contributed by atoms with van der Waals surface area (Å²) in [7, 11) is 0. The minimum atomic E-state index is -1.26. The Labute approximate surface area is 262 Å². The second-order valence-corrected chi connectivity index (χ2v) is 12.8. The van der Waals surface area contributed by atoms with E-state index in [1.807, 2.05) is 12.1 Å². The third-order valence-corrected chi connectivity index (χ3v) is 9.58. The van der Waals surface area contributed by atoms with Gasteiger partial charge < -0.3 is 20.4 Å². The van der Waals surface area contributed by atoms with Crippen molar-refractivity contribution in [1.82, 2.24) is 9.80 Å². The number of hydrogen-bond acceptors (Lipinski definition) is 6. The zero-order valence-corrected chi connectivity index (χ0v) is 26.4. The van der Waals surface area contributed by atoms with Gasteiger partial charge >= 0.3 is 11.9 Å². The highest BCUT2D eigenvalue weighted by Crippen LogP contribution is 2.32. The zero-order valence-electron chi connectivity index (χ0n) is 26.4. The molecule has 4 N–H and O–H groups in total. The molecule has 0 amide bonds. The molecule has 8 nitrogen and oxygen atoms in total. The molecular weight excluding hydrogens is 556 g/mol. The van der Waals surface area contributed by atoms with Crippen LogP contribution in [0.1, 0.15) is 98.6 Å². The Hall–Kier alpha value is -3.36. The first-order chi connectivity index (χ1) is 21.1. The fourth-order valence-corrected chi connectivity index (χ4v) is 6.94. The summed E-state index contributed by atoms with van der Waals surface area (Å²) < 4.78 is 0. The first-order valence-electron chi connectivity index (χ1n) is 16.4. The van der Waals surface area contributed by atoms with Crippen LogP contribution < -0.4 is 0 Å². The second kappa shape index (κ2) is 16.1. The maximum atomic E-state index is 10.2. The molecule has 2 aliphatic carbocycles. The van der Waals surface area contributed by atoms with Crippen molar-refractivity contribution in [2.45, 2.75) is 116 Å². The van der Waals surface area contributed by atoms with Crippen LogP contribution in [0.3, 0.4) is 0 Å². The molecule has 2 saturated heterocycles. The van der Waals surface area contributed by atoms with Crippen molar-refractivity contribution >= 4 is 11.9 Å². The molecule has 0 bridgehead atoms. The molecule has 0 saturated carbocycles. The van der Waals surface area contributed by atoms with E-state index in [1.165, 1.54) is 99.6 Å². The summed E-state index contributed by atoms with van der Waals surface area (Å²) in [6.45, 7) is 8.81. The van der Waals surface area contributed by atoms with Crippen molar-refractivity contribution in [3.8, 4) is 11.5 Å². The van der Waals surface area contributed by atoms with Crippen LogP contribution in [0, 0.1) is 0 Å². The largest absolute Gasteiger partial charge is 0.508 e. The third-order valence-electron chi connectivity index (χ3n) is 9.58. The molecule has 0 aromatic heterocycles. The third kappa shape index (κ3) is 9.57. The Morgan fingerprint density at radius 2 is 1.00 bits per heavy atom. The van der Waals surface area contributed by atoms with Gasteiger partial charge in [-0.1, -0.05) is 25.0 Å². The summed E-state index contributed by atoms with van der Waals surface area (Å²) in [4.78, 5) is 24.1. The average Bonchev–Trinajstić information content (AvgIpc) is 3.64. The molecule has 8 heteroatoms. The van der Waals surface area contributed by atoms with Crippen LogP contribution in [0.25, 0.3) is 0 Å². The fourth-order valence-electron chi connectivity index (χ4n) is 6.94. The lowest BCUT2D eigenvalue weighted by atomic mass is 10.0. The summed E-state index contributed by atoms with van der Waals surface area (Å²) in [6, 6.07) is 9.83. The van der Waals surface area contributed by atoms with Crippen molar-refractivity contribution in [2.75, 3.05) is 13.1 Å². The molecule has 2 heterocycles. The van der Waals surface area contributed by atoms with E-state index in [-0.39, 0.29) is 0 Å². The highest BCUT2D eigenvalue weighted by molar-refractivity contribution is 5.89. The van der Waals surface area contributed by atoms with Crippen molar-refractivity contribution in [1.29, 1.82) is 0 Å². The van der Waals surface area contributed by atoms with Gasteiger partial charge in [0.05, 0.1) is 0 Å². The number of benzene rings is 2. The van der Waals surface area contributed by atoms with E-state index in [0.29, 0.717) is 35.7 Å². The average molecular weight is 607 g/mol. The monoisotopic (exact) mass is 606 g/mol. The molecule has 2 fully saturated rings. The maximum Gasteiger partial charge on any atom is 0.328 e. The predicted molar refractivity (Wildman–Crippen MR) is 172 cm³/mol. The SMILES string of the molecule is CC1CCCCN1Cc1cc2c(cc1O)CCC2.CC1CCCCN1Cc1cc2c(cc1O)CCC2.O=C(O)/C=C\C(=O)O. The lowest BCUT2D eigenvalue weighted by Gasteiger charge is -2.33. The van der Waals surface area contributed by atoms with Crippen LogP contribution in [0.2, 0.25) is 0 Å². The number of phenolic OH excluding ortho intramolecular Hbond substituents is 2. The minimum absolute atomic E-state index is 0.508. The molecule has 2 aliphatic heterocycles. The second-order valence-electron chi connectivity index (χ2n) is 12.8. The summed E-state index contributed by atoms with van der Waals surface area (Å²) in [5, 5.41) is 36.0. The van der Waals surface area contributed by atoms with E-state index in [1.54, 1.807) is 0 Å². The fraction of sp³-hybridized carbons (Fsp3) is 0.556. The van der Waals surface area contributed by atoms with Gasteiger partial charge in [0.1, 0.15) is 11.5 Å². The van der Waals surface area contributed by atoms with Crippen LogP contribution in [-0.4, -0.2) is 67.3 Å². The molecule has 0 spiro atoms. The number of carboxylic acid groups (broad SMARTS) is 2. The number of carboxylic acids is 2. The lowest BCUT2D eigenvalue weighted by molar-refractivity contribution is -0.134. The number of aromatic hydroxyl groups is 2. The summed E-state index contributed by atoms with van der Waals surface area (Å²) in [5.74, 6) is -1.50. The Morgan fingerprint density at radius 3 is 1.34 bits per heavy atom. The van der Waals surface area contributed by atoms with Crippen LogP contribution in [0.4, 0.5) is 0 Å². The molecular formula is C36H50N2O6. The van der Waals surface area contributed by atoms with E-state index in [4.69, 9.17) is 10.2 Å². The van der Waals surface area contributed by atoms with Gasteiger partial charge in [0.25, 0.3) is 0 Å². The molecule has 240 valence electrons. The van der Waals surface area contributed by atoms with Gasteiger partial charge in [-0.05, 0) is 126 Å². The van der Waals surface area contributed by atoms with E-state index >= 15 is 0 Å². The Kier molecular flexibility index (Phi) is 12.3. The molecule has 0 radical (unpaired) electrons. The van der Waals surface area contributed by atoms with E-state index < -0.39 is 11.9 Å². The number of rotatable bonds is 6. The Bertz CT molecular complexity index is 1220. The first kappa shape index (κ1) is 33.5. The van der Waals surface area contributed by atoms with E-state index in [2.05, 4.69) is 35.8 Å². The van der Waals surface area contributed by atoms with Gasteiger partial charge in [0.15, 0.2) is 0 Å². The number of aliphatic carboxylic acids is 2. The van der Waals surface area contributed by atoms with Gasteiger partial charge in [-0.2, -0.15) is 0 Å². The Morgan fingerprint density at radius 1 is 0.636 bits per heavy atom. The van der Waals surface area contributed by atoms with Crippen LogP contribution in [0.15, 0.2) is 36.4 Å².